The van der Waals surface area contributed by atoms with E-state index in [2.05, 4.69) is 0 Å². The summed E-state index contributed by atoms with van der Waals surface area (Å²) in [5, 5.41) is 1.46. The summed E-state index contributed by atoms with van der Waals surface area (Å²) in [6.45, 7) is 0. The highest BCUT2D eigenvalue weighted by Gasteiger charge is 2.21. The summed E-state index contributed by atoms with van der Waals surface area (Å²) < 4.78 is 114. The van der Waals surface area contributed by atoms with Gasteiger partial charge in [0.1, 0.15) is 11.2 Å². The monoisotopic (exact) mass is 652 g/mol. The second kappa shape index (κ2) is 11.4. The van der Waals surface area contributed by atoms with Gasteiger partial charge in [0, 0.05) is 49.5 Å². The van der Waals surface area contributed by atoms with Gasteiger partial charge in [0.05, 0.1) is 27.5 Å². The average Bonchev–Trinajstić information content (AvgIpc) is 3.84. The summed E-state index contributed by atoms with van der Waals surface area (Å²) in [6, 6.07) is 21.7. The molecular formula is C45H28N4O. The van der Waals surface area contributed by atoms with E-state index in [1.54, 1.807) is 24.3 Å². The van der Waals surface area contributed by atoms with Crippen molar-refractivity contribution in [3.05, 3.63) is 170 Å². The first-order valence-corrected chi connectivity index (χ1v) is 15.7. The van der Waals surface area contributed by atoms with Crippen molar-refractivity contribution in [3.8, 4) is 51.0 Å². The molecule has 3 heterocycles. The summed E-state index contributed by atoms with van der Waals surface area (Å²) in [4.78, 5) is 14.8. The molecule has 5 heteroatoms. The largest absolute Gasteiger partial charge is 0.456 e. The molecule has 7 aromatic carbocycles. The van der Waals surface area contributed by atoms with Crippen molar-refractivity contribution in [1.29, 1.82) is 0 Å². The van der Waals surface area contributed by atoms with Crippen LogP contribution in [-0.4, -0.2) is 19.5 Å². The number of hydrogen-bond acceptors (Lipinski definition) is 4. The lowest BCUT2D eigenvalue weighted by atomic mass is 9.96. The molecule has 234 valence electrons. The molecule has 0 aliphatic heterocycles. The fourth-order valence-electron chi connectivity index (χ4n) is 6.45. The van der Waals surface area contributed by atoms with Gasteiger partial charge in [-0.15, -0.1) is 0 Å². The van der Waals surface area contributed by atoms with Crippen LogP contribution in [0.4, 0.5) is 0 Å². The SMILES string of the molecule is [2H]c1c([2H])c([2H])c(-n2c3c([2H])c([2H])c([2H])c([2H])c3c3c([2H])c([2H])c([2H])c(-c4ccccc4-c4nc(-c5ccccc5)nc(-c5ccc6c(c5)oc5ccccc56)n4)c32)c([2H])c1[2H]. The van der Waals surface area contributed by atoms with Crippen molar-refractivity contribution >= 4 is 43.7 Å². The van der Waals surface area contributed by atoms with Gasteiger partial charge in [-0.1, -0.05) is 133 Å². The van der Waals surface area contributed by atoms with Crippen LogP contribution in [0.2, 0.25) is 0 Å². The summed E-state index contributed by atoms with van der Waals surface area (Å²) in [7, 11) is 0. The van der Waals surface area contributed by atoms with Gasteiger partial charge in [-0.3, -0.25) is 0 Å². The Morgan fingerprint density at radius 2 is 1.14 bits per heavy atom. The van der Waals surface area contributed by atoms with E-state index >= 15 is 0 Å². The maximum atomic E-state index is 9.49. The zero-order chi connectivity index (χ0) is 43.5. The molecule has 0 bridgehead atoms. The maximum Gasteiger partial charge on any atom is 0.164 e. The van der Waals surface area contributed by atoms with Crippen LogP contribution in [0.3, 0.4) is 0 Å². The third-order valence-corrected chi connectivity index (χ3v) is 8.67. The lowest BCUT2D eigenvalue weighted by Crippen LogP contribution is -2.01. The molecule has 0 amide bonds. The predicted molar refractivity (Wildman–Crippen MR) is 203 cm³/mol. The van der Waals surface area contributed by atoms with Crippen LogP contribution in [-0.2, 0) is 0 Å². The summed E-state index contributed by atoms with van der Waals surface area (Å²) in [5.41, 5.74) is 2.18. The number of para-hydroxylation sites is 4. The van der Waals surface area contributed by atoms with E-state index in [1.165, 1.54) is 0 Å². The first-order valence-electron chi connectivity index (χ1n) is 21.7. The third kappa shape index (κ3) is 4.52. The van der Waals surface area contributed by atoms with Crippen LogP contribution >= 0.6 is 0 Å². The Hall–Kier alpha value is -6.85. The minimum atomic E-state index is -0.708. The maximum absolute atomic E-state index is 9.49. The highest BCUT2D eigenvalue weighted by Crippen LogP contribution is 2.41. The number of aromatic nitrogens is 4. The van der Waals surface area contributed by atoms with Gasteiger partial charge in [-0.05, 0) is 41.9 Å². The van der Waals surface area contributed by atoms with Gasteiger partial charge in [-0.2, -0.15) is 0 Å². The van der Waals surface area contributed by atoms with Crippen LogP contribution < -0.4 is 0 Å². The minimum absolute atomic E-state index is 0.0663. The molecule has 5 nitrogen and oxygen atoms in total. The van der Waals surface area contributed by atoms with E-state index in [0.717, 1.165) is 15.3 Å². The van der Waals surface area contributed by atoms with Crippen LogP contribution in [0, 0.1) is 0 Å². The van der Waals surface area contributed by atoms with Crippen molar-refractivity contribution in [2.24, 2.45) is 0 Å². The minimum Gasteiger partial charge on any atom is -0.456 e. The molecule has 0 unspecified atom stereocenters. The smallest absolute Gasteiger partial charge is 0.164 e. The molecule has 10 rings (SSSR count). The Morgan fingerprint density at radius 3 is 2.02 bits per heavy atom. The van der Waals surface area contributed by atoms with Gasteiger partial charge in [0.15, 0.2) is 17.5 Å². The predicted octanol–water partition coefficient (Wildman–Crippen LogP) is 11.5. The van der Waals surface area contributed by atoms with Crippen LogP contribution in [0.5, 0.6) is 0 Å². The topological polar surface area (TPSA) is 56.7 Å². The molecule has 0 aliphatic carbocycles. The first kappa shape index (κ1) is 18.6. The molecule has 0 saturated heterocycles. The fourth-order valence-corrected chi connectivity index (χ4v) is 6.45. The van der Waals surface area contributed by atoms with E-state index in [4.69, 9.17) is 33.1 Å². The van der Waals surface area contributed by atoms with Gasteiger partial charge in [0.25, 0.3) is 0 Å². The molecular weight excluding hydrogens is 613 g/mol. The van der Waals surface area contributed by atoms with E-state index in [1.807, 2.05) is 72.8 Å². The lowest BCUT2D eigenvalue weighted by Gasteiger charge is -2.15. The molecule has 0 atom stereocenters. The number of benzene rings is 7. The Morgan fingerprint density at radius 1 is 0.460 bits per heavy atom. The van der Waals surface area contributed by atoms with Gasteiger partial charge >= 0.3 is 0 Å². The molecule has 0 radical (unpaired) electrons. The van der Waals surface area contributed by atoms with Crippen molar-refractivity contribution in [3.63, 3.8) is 0 Å². The standard InChI is InChI=1S/C45H28N4O/c1-3-14-29(15-4-1)43-46-44(30-26-27-35-34-20-10-12-25-40(34)50-41(35)28-30)48-45(47-43)38-21-8-7-18-32(38)36-22-13-23-37-33-19-9-11-24-39(33)49(42(36)37)31-16-5-2-6-17-31/h1-28H/i2D,5D,6D,9D,11D,13D,16D,17D,19D,22D,23D,24D. The van der Waals surface area contributed by atoms with Crippen molar-refractivity contribution in [2.45, 2.75) is 0 Å². The lowest BCUT2D eigenvalue weighted by molar-refractivity contribution is 0.669. The van der Waals surface area contributed by atoms with Crippen LogP contribution in [0.25, 0.3) is 94.7 Å². The molecule has 0 N–H and O–H groups in total. The highest BCUT2D eigenvalue weighted by molar-refractivity contribution is 6.14. The van der Waals surface area contributed by atoms with Crippen LogP contribution in [0.15, 0.2) is 174 Å². The molecule has 0 aliphatic rings. The van der Waals surface area contributed by atoms with E-state index < -0.39 is 78.2 Å². The molecule has 10 aromatic rings. The van der Waals surface area contributed by atoms with Crippen molar-refractivity contribution < 1.29 is 20.9 Å². The molecule has 3 aromatic heterocycles. The third-order valence-electron chi connectivity index (χ3n) is 8.67. The highest BCUT2D eigenvalue weighted by atomic mass is 16.3. The summed E-state index contributed by atoms with van der Waals surface area (Å²) in [6.07, 6.45) is 0. The Bertz CT molecular complexity index is 3540. The Kier molecular flexibility index (Phi) is 4.24. The number of nitrogens with zero attached hydrogens (tertiary/aromatic N) is 4. The van der Waals surface area contributed by atoms with Crippen molar-refractivity contribution in [1.82, 2.24) is 19.5 Å². The quantitative estimate of drug-likeness (QED) is 0.186. The molecule has 0 spiro atoms. The van der Waals surface area contributed by atoms with Crippen LogP contribution in [0.1, 0.15) is 16.4 Å². The number of fused-ring (bicyclic) bond motifs is 6. The molecule has 50 heavy (non-hydrogen) atoms. The van der Waals surface area contributed by atoms with Crippen molar-refractivity contribution in [2.75, 3.05) is 0 Å². The molecule has 0 fully saturated rings. The normalized spacial score (nSPS) is 15.0. The summed E-state index contributed by atoms with van der Waals surface area (Å²) >= 11 is 0. The van der Waals surface area contributed by atoms with Gasteiger partial charge in [0.2, 0.25) is 0 Å². The second-order valence-corrected chi connectivity index (χ2v) is 11.5. The first-order chi connectivity index (χ1) is 29.8. The van der Waals surface area contributed by atoms with E-state index in [9.17, 15) is 2.74 Å². The summed E-state index contributed by atoms with van der Waals surface area (Å²) in [5.74, 6) is 0.723. The number of furan rings is 1. The fraction of sp³-hybridized carbons (Fsp3) is 0. The Labute approximate surface area is 304 Å². The molecule has 0 saturated carbocycles. The van der Waals surface area contributed by atoms with Gasteiger partial charge < -0.3 is 8.98 Å². The number of hydrogen-bond donors (Lipinski definition) is 0. The number of rotatable bonds is 5. The van der Waals surface area contributed by atoms with E-state index in [-0.39, 0.29) is 44.6 Å². The van der Waals surface area contributed by atoms with Gasteiger partial charge in [-0.25, -0.2) is 15.0 Å². The Balaban J connectivity index is 1.33. The second-order valence-electron chi connectivity index (χ2n) is 11.5. The zero-order valence-electron chi connectivity index (χ0n) is 37.9. The van der Waals surface area contributed by atoms with E-state index in [0.29, 0.717) is 33.7 Å². The zero-order valence-corrected chi connectivity index (χ0v) is 25.9. The average molecular weight is 653 g/mol.